The van der Waals surface area contributed by atoms with Crippen LogP contribution in [0.15, 0.2) is 66.9 Å². The molecule has 3 aromatic rings. The summed E-state index contributed by atoms with van der Waals surface area (Å²) in [6, 6.07) is 17.6. The third-order valence-corrected chi connectivity index (χ3v) is 6.30. The van der Waals surface area contributed by atoms with Gasteiger partial charge in [0.2, 0.25) is 17.7 Å². The number of aryl methyl sites for hydroxylation is 1. The third kappa shape index (κ3) is 7.10. The average molecular weight is 506 g/mol. The van der Waals surface area contributed by atoms with Crippen molar-refractivity contribution in [3.8, 4) is 0 Å². The van der Waals surface area contributed by atoms with Gasteiger partial charge in [0.25, 0.3) is 0 Å². The number of aromatic nitrogens is 1. The normalized spacial score (nSPS) is 13.5. The molecule has 3 amide bonds. The molecule has 0 radical (unpaired) electrons. The Morgan fingerprint density at radius 2 is 1.62 bits per heavy atom. The summed E-state index contributed by atoms with van der Waals surface area (Å²) in [5, 5.41) is 3.45. The number of nitrogens with two attached hydrogens (primary N) is 4. The predicted molar refractivity (Wildman–Crippen MR) is 143 cm³/mol. The van der Waals surface area contributed by atoms with Gasteiger partial charge >= 0.3 is 0 Å². The number of primary amides is 1. The van der Waals surface area contributed by atoms with Gasteiger partial charge in [-0.3, -0.25) is 19.4 Å². The summed E-state index contributed by atoms with van der Waals surface area (Å²) in [7, 11) is 0. The van der Waals surface area contributed by atoms with Crippen LogP contribution in [0.25, 0.3) is 10.9 Å². The fourth-order valence-corrected chi connectivity index (χ4v) is 4.18. The van der Waals surface area contributed by atoms with Crippen molar-refractivity contribution in [2.24, 2.45) is 22.9 Å². The maximum absolute atomic E-state index is 13.7. The van der Waals surface area contributed by atoms with Gasteiger partial charge in [-0.15, -0.1) is 0 Å². The summed E-state index contributed by atoms with van der Waals surface area (Å²) in [6.07, 6.45) is 1.90. The molecule has 10 heteroatoms. The Morgan fingerprint density at radius 1 is 0.973 bits per heavy atom. The van der Waals surface area contributed by atoms with E-state index in [-0.39, 0.29) is 44.9 Å². The zero-order chi connectivity index (χ0) is 26.8. The van der Waals surface area contributed by atoms with Crippen LogP contribution in [0, 0.1) is 0 Å². The van der Waals surface area contributed by atoms with E-state index in [2.05, 4.69) is 10.3 Å². The first kappa shape index (κ1) is 27.7. The first-order chi connectivity index (χ1) is 17.8. The van der Waals surface area contributed by atoms with Crippen molar-refractivity contribution >= 4 is 28.6 Å². The predicted octanol–water partition coefficient (Wildman–Crippen LogP) is 0.128. The maximum atomic E-state index is 13.7. The molecule has 1 aromatic heterocycles. The summed E-state index contributed by atoms with van der Waals surface area (Å²) < 4.78 is 0. The molecule has 2 aromatic carbocycles. The lowest BCUT2D eigenvalue weighted by atomic mass is 9.85. The smallest absolute Gasteiger partial charge is 0.245 e. The Labute approximate surface area is 216 Å². The van der Waals surface area contributed by atoms with E-state index in [1.807, 2.05) is 54.6 Å². The molecule has 0 fully saturated rings. The number of benzene rings is 2. The lowest BCUT2D eigenvalue weighted by molar-refractivity contribution is -0.138. The van der Waals surface area contributed by atoms with Crippen LogP contribution in [0.4, 0.5) is 0 Å². The Morgan fingerprint density at radius 3 is 2.27 bits per heavy atom. The first-order valence-electron chi connectivity index (χ1n) is 12.2. The highest BCUT2D eigenvalue weighted by Gasteiger charge is 2.41. The molecule has 0 aliphatic heterocycles. The van der Waals surface area contributed by atoms with E-state index in [1.54, 1.807) is 6.07 Å². The SMILES string of the molecule is NCCN(CCN)C(=O)C[C@@](N)(C(=O)N[C@@H](CCc1ccccc1)C(N)=O)c1cnc2ccccc2c1. The molecule has 0 aliphatic carbocycles. The number of fused-ring (bicyclic) bond motifs is 1. The van der Waals surface area contributed by atoms with E-state index in [1.165, 1.54) is 11.1 Å². The summed E-state index contributed by atoms with van der Waals surface area (Å²) in [5.41, 5.74) is 23.9. The van der Waals surface area contributed by atoms with Gasteiger partial charge in [0.05, 0.1) is 11.9 Å². The molecular weight excluding hydrogens is 470 g/mol. The van der Waals surface area contributed by atoms with Gasteiger partial charge in [-0.25, -0.2) is 0 Å². The molecule has 0 bridgehead atoms. The minimum atomic E-state index is -1.82. The van der Waals surface area contributed by atoms with Gasteiger partial charge in [-0.2, -0.15) is 0 Å². The van der Waals surface area contributed by atoms with Gasteiger partial charge in [0.1, 0.15) is 11.6 Å². The molecule has 0 aliphatic rings. The Kier molecular flexibility index (Phi) is 9.67. The van der Waals surface area contributed by atoms with Gasteiger partial charge < -0.3 is 33.2 Å². The van der Waals surface area contributed by atoms with Crippen LogP contribution in [0.2, 0.25) is 0 Å². The number of pyridine rings is 1. The summed E-state index contributed by atoms with van der Waals surface area (Å²) in [5.74, 6) is -1.78. The standard InChI is InChI=1S/C27H35N7O3/c28-12-14-34(15-13-29)24(35)17-27(31,21-16-20-8-4-5-9-22(20)32-18-21)26(37)33-23(25(30)36)11-10-19-6-2-1-3-7-19/h1-9,16,18,23H,10-15,17,28-29,31H2,(H2,30,36)(H,33,37)/t23-,27-/m0/s1. The number of nitrogens with zero attached hydrogens (tertiary/aromatic N) is 2. The molecule has 196 valence electrons. The molecular formula is C27H35N7O3. The van der Waals surface area contributed by atoms with Crippen molar-refractivity contribution in [3.63, 3.8) is 0 Å². The number of carbonyl (C=O) groups excluding carboxylic acids is 3. The largest absolute Gasteiger partial charge is 0.368 e. The van der Waals surface area contributed by atoms with Gasteiger partial charge in [0.15, 0.2) is 0 Å². The van der Waals surface area contributed by atoms with Crippen LogP contribution in [0.1, 0.15) is 24.0 Å². The molecule has 10 nitrogen and oxygen atoms in total. The molecule has 1 heterocycles. The number of carbonyl (C=O) groups is 3. The molecule has 0 spiro atoms. The molecule has 9 N–H and O–H groups in total. The molecule has 0 unspecified atom stereocenters. The van der Waals surface area contributed by atoms with Crippen LogP contribution in [0.3, 0.4) is 0 Å². The highest BCUT2D eigenvalue weighted by Crippen LogP contribution is 2.27. The quantitative estimate of drug-likeness (QED) is 0.218. The molecule has 37 heavy (non-hydrogen) atoms. The van der Waals surface area contributed by atoms with Crippen molar-refractivity contribution < 1.29 is 14.4 Å². The second kappa shape index (κ2) is 12.9. The number of para-hydroxylation sites is 1. The summed E-state index contributed by atoms with van der Waals surface area (Å²) in [6.45, 7) is 1.00. The fourth-order valence-electron chi connectivity index (χ4n) is 4.18. The van der Waals surface area contributed by atoms with Crippen molar-refractivity contribution in [3.05, 3.63) is 78.0 Å². The lowest BCUT2D eigenvalue weighted by Crippen LogP contribution is -2.58. The zero-order valence-corrected chi connectivity index (χ0v) is 20.8. The van der Waals surface area contributed by atoms with Crippen molar-refractivity contribution in [2.75, 3.05) is 26.2 Å². The molecule has 2 atom stereocenters. The second-order valence-electron chi connectivity index (χ2n) is 8.98. The van der Waals surface area contributed by atoms with Crippen molar-refractivity contribution in [2.45, 2.75) is 30.8 Å². The first-order valence-corrected chi connectivity index (χ1v) is 12.2. The Bertz CT molecular complexity index is 1210. The van der Waals surface area contributed by atoms with E-state index < -0.39 is 23.4 Å². The number of rotatable bonds is 13. The highest BCUT2D eigenvalue weighted by atomic mass is 16.2. The van der Waals surface area contributed by atoms with Crippen LogP contribution in [-0.4, -0.2) is 59.8 Å². The second-order valence-corrected chi connectivity index (χ2v) is 8.98. The van der Waals surface area contributed by atoms with E-state index in [0.717, 1.165) is 10.9 Å². The van der Waals surface area contributed by atoms with E-state index >= 15 is 0 Å². The van der Waals surface area contributed by atoms with Gasteiger partial charge in [0, 0.05) is 43.3 Å². The molecule has 3 rings (SSSR count). The maximum Gasteiger partial charge on any atom is 0.245 e. The fraction of sp³-hybridized carbons (Fsp3) is 0.333. The minimum absolute atomic E-state index is 0.232. The van der Waals surface area contributed by atoms with Crippen molar-refractivity contribution in [1.29, 1.82) is 0 Å². The number of nitrogens with one attached hydrogen (secondary N) is 1. The number of amides is 3. The van der Waals surface area contributed by atoms with Crippen LogP contribution >= 0.6 is 0 Å². The van der Waals surface area contributed by atoms with E-state index in [4.69, 9.17) is 22.9 Å². The molecule has 0 saturated heterocycles. The van der Waals surface area contributed by atoms with Crippen LogP contribution in [-0.2, 0) is 26.3 Å². The monoisotopic (exact) mass is 505 g/mol. The Balaban J connectivity index is 1.92. The number of hydrogen-bond donors (Lipinski definition) is 5. The van der Waals surface area contributed by atoms with Crippen molar-refractivity contribution in [1.82, 2.24) is 15.2 Å². The summed E-state index contributed by atoms with van der Waals surface area (Å²) >= 11 is 0. The highest BCUT2D eigenvalue weighted by molar-refractivity contribution is 5.96. The third-order valence-electron chi connectivity index (χ3n) is 6.30. The van der Waals surface area contributed by atoms with Crippen LogP contribution in [0.5, 0.6) is 0 Å². The minimum Gasteiger partial charge on any atom is -0.368 e. The van der Waals surface area contributed by atoms with E-state index in [9.17, 15) is 14.4 Å². The Hall–Kier alpha value is -3.86. The number of hydrogen-bond acceptors (Lipinski definition) is 7. The molecule has 0 saturated carbocycles. The topological polar surface area (TPSA) is 183 Å². The average Bonchev–Trinajstić information content (AvgIpc) is 2.90. The zero-order valence-electron chi connectivity index (χ0n) is 20.8. The summed E-state index contributed by atoms with van der Waals surface area (Å²) in [4.78, 5) is 45.1. The van der Waals surface area contributed by atoms with E-state index in [0.29, 0.717) is 17.5 Å². The lowest BCUT2D eigenvalue weighted by Gasteiger charge is -2.32. The van der Waals surface area contributed by atoms with Crippen LogP contribution < -0.4 is 28.3 Å². The van der Waals surface area contributed by atoms with Gasteiger partial charge in [-0.1, -0.05) is 48.5 Å². The van der Waals surface area contributed by atoms with Gasteiger partial charge in [-0.05, 0) is 30.5 Å².